The number of benzene rings is 2. The van der Waals surface area contributed by atoms with Crippen molar-refractivity contribution in [2.45, 2.75) is 25.9 Å². The SMILES string of the molecule is CC(C)N1C(=O)NCC1c1ccc(N2CCN(c3ccc(O)cc3)CC2)cc1. The van der Waals surface area contributed by atoms with Crippen LogP contribution in [-0.4, -0.2) is 54.8 Å². The Morgan fingerprint density at radius 1 is 0.893 bits per heavy atom. The largest absolute Gasteiger partial charge is 0.508 e. The molecule has 0 bridgehead atoms. The molecule has 1 unspecified atom stereocenters. The quantitative estimate of drug-likeness (QED) is 0.855. The molecule has 2 aromatic carbocycles. The van der Waals surface area contributed by atoms with Crippen LogP contribution in [0.25, 0.3) is 0 Å². The maximum absolute atomic E-state index is 12.1. The van der Waals surface area contributed by atoms with Crippen LogP contribution in [0.15, 0.2) is 48.5 Å². The highest BCUT2D eigenvalue weighted by Gasteiger charge is 2.33. The molecule has 1 atom stereocenters. The van der Waals surface area contributed by atoms with Crippen LogP contribution in [0.4, 0.5) is 16.2 Å². The molecule has 2 heterocycles. The molecule has 0 aromatic heterocycles. The molecule has 6 nitrogen and oxygen atoms in total. The highest BCUT2D eigenvalue weighted by Crippen LogP contribution is 2.29. The van der Waals surface area contributed by atoms with Gasteiger partial charge in [0, 0.05) is 50.1 Å². The fraction of sp³-hybridized carbons (Fsp3) is 0.409. The number of carbonyl (C=O) groups is 1. The van der Waals surface area contributed by atoms with E-state index in [1.54, 1.807) is 12.1 Å². The Bertz CT molecular complexity index is 811. The zero-order chi connectivity index (χ0) is 19.7. The van der Waals surface area contributed by atoms with Gasteiger partial charge in [0.1, 0.15) is 5.75 Å². The number of amides is 2. The van der Waals surface area contributed by atoms with E-state index < -0.39 is 0 Å². The molecule has 0 saturated carbocycles. The van der Waals surface area contributed by atoms with Crippen LogP contribution in [-0.2, 0) is 0 Å². The molecule has 28 heavy (non-hydrogen) atoms. The summed E-state index contributed by atoms with van der Waals surface area (Å²) in [6.45, 7) is 8.61. The van der Waals surface area contributed by atoms with Crippen molar-refractivity contribution in [2.75, 3.05) is 42.5 Å². The highest BCUT2D eigenvalue weighted by molar-refractivity contribution is 5.77. The predicted molar refractivity (Wildman–Crippen MR) is 112 cm³/mol. The standard InChI is InChI=1S/C22H28N4O2/c1-16(2)26-21(15-23-22(26)28)17-3-5-18(6-4-17)24-11-13-25(14-12-24)19-7-9-20(27)10-8-19/h3-10,16,21,27H,11-15H2,1-2H3,(H,23,28). The van der Waals surface area contributed by atoms with E-state index >= 15 is 0 Å². The van der Waals surface area contributed by atoms with Gasteiger partial charge in [-0.1, -0.05) is 12.1 Å². The van der Waals surface area contributed by atoms with E-state index in [1.807, 2.05) is 17.0 Å². The van der Waals surface area contributed by atoms with Gasteiger partial charge in [-0.05, 0) is 55.8 Å². The molecule has 2 amide bonds. The molecule has 2 N–H and O–H groups in total. The van der Waals surface area contributed by atoms with Crippen molar-refractivity contribution in [3.05, 3.63) is 54.1 Å². The summed E-state index contributed by atoms with van der Waals surface area (Å²) < 4.78 is 0. The van der Waals surface area contributed by atoms with E-state index in [9.17, 15) is 9.90 Å². The van der Waals surface area contributed by atoms with E-state index in [0.29, 0.717) is 12.3 Å². The third-order valence-corrected chi connectivity index (χ3v) is 5.71. The number of urea groups is 1. The number of aromatic hydroxyl groups is 1. The lowest BCUT2D eigenvalue weighted by Gasteiger charge is -2.37. The number of nitrogens with one attached hydrogen (secondary N) is 1. The predicted octanol–water partition coefficient (Wildman–Crippen LogP) is 3.19. The number of phenols is 1. The molecule has 4 rings (SSSR count). The number of hydrogen-bond donors (Lipinski definition) is 2. The summed E-state index contributed by atoms with van der Waals surface area (Å²) in [6.07, 6.45) is 0. The Morgan fingerprint density at radius 3 is 1.89 bits per heavy atom. The maximum atomic E-state index is 12.1. The molecule has 2 fully saturated rings. The molecule has 2 aromatic rings. The molecule has 2 aliphatic rings. The average molecular weight is 380 g/mol. The zero-order valence-corrected chi connectivity index (χ0v) is 16.5. The van der Waals surface area contributed by atoms with Gasteiger partial charge < -0.3 is 25.1 Å². The fourth-order valence-corrected chi connectivity index (χ4v) is 4.18. The number of piperazine rings is 1. The molecule has 0 radical (unpaired) electrons. The van der Waals surface area contributed by atoms with Crippen molar-refractivity contribution in [2.24, 2.45) is 0 Å². The average Bonchev–Trinajstić information content (AvgIpc) is 3.11. The van der Waals surface area contributed by atoms with Crippen LogP contribution in [0.5, 0.6) is 5.75 Å². The van der Waals surface area contributed by atoms with Gasteiger partial charge in [0.15, 0.2) is 0 Å². The number of anilines is 2. The van der Waals surface area contributed by atoms with Crippen molar-refractivity contribution < 1.29 is 9.90 Å². The summed E-state index contributed by atoms with van der Waals surface area (Å²) in [7, 11) is 0. The van der Waals surface area contributed by atoms with Crippen LogP contribution in [0.2, 0.25) is 0 Å². The van der Waals surface area contributed by atoms with Gasteiger partial charge in [0.2, 0.25) is 0 Å². The van der Waals surface area contributed by atoms with Gasteiger partial charge in [-0.25, -0.2) is 4.79 Å². The Hall–Kier alpha value is -2.89. The Balaban J connectivity index is 1.40. The van der Waals surface area contributed by atoms with Crippen molar-refractivity contribution in [3.63, 3.8) is 0 Å². The van der Waals surface area contributed by atoms with Gasteiger partial charge in [0.05, 0.1) is 6.04 Å². The molecule has 2 saturated heterocycles. The van der Waals surface area contributed by atoms with Crippen LogP contribution in [0.1, 0.15) is 25.5 Å². The summed E-state index contributed by atoms with van der Waals surface area (Å²) in [5.74, 6) is 0.303. The van der Waals surface area contributed by atoms with Crippen molar-refractivity contribution in [3.8, 4) is 5.75 Å². The normalized spacial score (nSPS) is 20.0. The zero-order valence-electron chi connectivity index (χ0n) is 16.5. The first-order chi connectivity index (χ1) is 13.5. The van der Waals surface area contributed by atoms with Crippen molar-refractivity contribution in [1.29, 1.82) is 0 Å². The minimum atomic E-state index is 0.0226. The number of carbonyl (C=O) groups excluding carboxylic acids is 1. The minimum Gasteiger partial charge on any atom is -0.508 e. The molecule has 148 valence electrons. The number of phenolic OH excluding ortho intramolecular Hbond substituents is 1. The lowest BCUT2D eigenvalue weighted by atomic mass is 10.0. The first-order valence-corrected chi connectivity index (χ1v) is 9.98. The minimum absolute atomic E-state index is 0.0226. The second-order valence-corrected chi connectivity index (χ2v) is 7.78. The first kappa shape index (κ1) is 18.5. The Kier molecular flexibility index (Phi) is 5.03. The van der Waals surface area contributed by atoms with Crippen molar-refractivity contribution in [1.82, 2.24) is 10.2 Å². The lowest BCUT2D eigenvalue weighted by Crippen LogP contribution is -2.46. The Labute approximate surface area is 166 Å². The molecule has 6 heteroatoms. The number of hydrogen-bond acceptors (Lipinski definition) is 4. The van der Waals surface area contributed by atoms with Crippen LogP contribution >= 0.6 is 0 Å². The molecule has 2 aliphatic heterocycles. The van der Waals surface area contributed by atoms with Gasteiger partial charge >= 0.3 is 6.03 Å². The van der Waals surface area contributed by atoms with E-state index in [4.69, 9.17) is 0 Å². The summed E-state index contributed by atoms with van der Waals surface area (Å²) in [6, 6.07) is 16.4. The molecular formula is C22H28N4O2. The maximum Gasteiger partial charge on any atom is 0.318 e. The van der Waals surface area contributed by atoms with Gasteiger partial charge in [-0.15, -0.1) is 0 Å². The molecule has 0 aliphatic carbocycles. The summed E-state index contributed by atoms with van der Waals surface area (Å²) in [5.41, 5.74) is 3.56. The van der Waals surface area contributed by atoms with Gasteiger partial charge in [-0.3, -0.25) is 0 Å². The van der Waals surface area contributed by atoms with Crippen LogP contribution in [0.3, 0.4) is 0 Å². The van der Waals surface area contributed by atoms with Gasteiger partial charge in [-0.2, -0.15) is 0 Å². The van der Waals surface area contributed by atoms with Gasteiger partial charge in [0.25, 0.3) is 0 Å². The Morgan fingerprint density at radius 2 is 1.39 bits per heavy atom. The van der Waals surface area contributed by atoms with E-state index in [1.165, 1.54) is 11.3 Å². The first-order valence-electron chi connectivity index (χ1n) is 9.98. The lowest BCUT2D eigenvalue weighted by molar-refractivity contribution is 0.187. The fourth-order valence-electron chi connectivity index (χ4n) is 4.18. The monoisotopic (exact) mass is 380 g/mol. The number of nitrogens with zero attached hydrogens (tertiary/aromatic N) is 3. The van der Waals surface area contributed by atoms with E-state index in [0.717, 1.165) is 31.9 Å². The van der Waals surface area contributed by atoms with Crippen LogP contribution < -0.4 is 15.1 Å². The third-order valence-electron chi connectivity index (χ3n) is 5.71. The third kappa shape index (κ3) is 3.59. The molecule has 0 spiro atoms. The highest BCUT2D eigenvalue weighted by atomic mass is 16.3. The van der Waals surface area contributed by atoms with Crippen LogP contribution in [0, 0.1) is 0 Å². The topological polar surface area (TPSA) is 59.1 Å². The smallest absolute Gasteiger partial charge is 0.318 e. The summed E-state index contributed by atoms with van der Waals surface area (Å²) in [5, 5.41) is 12.4. The summed E-state index contributed by atoms with van der Waals surface area (Å²) >= 11 is 0. The van der Waals surface area contributed by atoms with E-state index in [-0.39, 0.29) is 18.1 Å². The van der Waals surface area contributed by atoms with E-state index in [2.05, 4.69) is 53.2 Å². The molecular weight excluding hydrogens is 352 g/mol. The summed E-state index contributed by atoms with van der Waals surface area (Å²) in [4.78, 5) is 18.7. The van der Waals surface area contributed by atoms with Crippen molar-refractivity contribution >= 4 is 17.4 Å². The second-order valence-electron chi connectivity index (χ2n) is 7.78. The number of rotatable bonds is 4. The second kappa shape index (κ2) is 7.62.